The summed E-state index contributed by atoms with van der Waals surface area (Å²) in [7, 11) is -6.09. The Morgan fingerprint density at radius 3 is 1.83 bits per heavy atom. The number of esters is 2. The molecule has 0 aromatic carbocycles. The van der Waals surface area contributed by atoms with Gasteiger partial charge in [0.2, 0.25) is 0 Å². The number of carbonyl (C=O) groups excluding carboxylic acids is 2. The highest BCUT2D eigenvalue weighted by atomic mass is 32.2. The Morgan fingerprint density at radius 2 is 1.48 bits per heavy atom. The van der Waals surface area contributed by atoms with Crippen molar-refractivity contribution in [3.05, 3.63) is 12.2 Å². The molecule has 0 N–H and O–H groups in total. The molecule has 1 fully saturated rings. The highest BCUT2D eigenvalue weighted by molar-refractivity contribution is 7.85. The average molecular weight is 455 g/mol. The lowest BCUT2D eigenvalue weighted by Gasteiger charge is -2.38. The molecule has 7 nitrogen and oxygen atoms in total. The summed E-state index contributed by atoms with van der Waals surface area (Å²) in [6, 6.07) is 0. The third kappa shape index (κ3) is 6.32. The number of alkyl halides is 6. The normalized spacial score (nSPS) is 21.4. The smallest absolute Gasteiger partial charge is 0.438 e. The molecule has 0 heterocycles. The maximum atomic E-state index is 13.1. The summed E-state index contributed by atoms with van der Waals surface area (Å²) < 4.78 is 120. The molecule has 0 bridgehead atoms. The van der Waals surface area contributed by atoms with E-state index >= 15 is 0 Å². The summed E-state index contributed by atoms with van der Waals surface area (Å²) in [4.78, 5) is 23.4. The van der Waals surface area contributed by atoms with E-state index in [1.54, 1.807) is 0 Å². The van der Waals surface area contributed by atoms with Gasteiger partial charge in [-0.1, -0.05) is 6.58 Å². The van der Waals surface area contributed by atoms with Crippen molar-refractivity contribution in [2.45, 2.75) is 56.7 Å². The highest BCUT2D eigenvalue weighted by Crippen LogP contribution is 2.47. The van der Waals surface area contributed by atoms with Gasteiger partial charge in [-0.2, -0.15) is 26.3 Å². The van der Waals surface area contributed by atoms with Gasteiger partial charge in [-0.05, 0) is 32.6 Å². The maximum absolute atomic E-state index is 13.1. The molecule has 14 heteroatoms. The summed E-state index contributed by atoms with van der Waals surface area (Å²) in [6.07, 6.45) is -14.2. The minimum Gasteiger partial charge on any atom is -0.748 e. The third-order valence-electron chi connectivity index (χ3n) is 4.20. The molecule has 0 amide bonds. The predicted octanol–water partition coefficient (Wildman–Crippen LogP) is 2.62. The molecule has 0 aromatic rings. The first-order valence-corrected chi connectivity index (χ1v) is 9.64. The lowest BCUT2D eigenvalue weighted by molar-refractivity contribution is -0.362. The van der Waals surface area contributed by atoms with Crippen LogP contribution in [0.5, 0.6) is 0 Å². The average Bonchev–Trinajstić information content (AvgIpc) is 2.51. The topological polar surface area (TPSA) is 110 Å². The zero-order chi connectivity index (χ0) is 22.8. The Morgan fingerprint density at radius 1 is 1.03 bits per heavy atom. The Kier molecular flexibility index (Phi) is 7.39. The van der Waals surface area contributed by atoms with Crippen LogP contribution in [0.4, 0.5) is 26.3 Å². The second kappa shape index (κ2) is 8.50. The quantitative estimate of drug-likeness (QED) is 0.262. The zero-order valence-corrected chi connectivity index (χ0v) is 15.7. The molecular formula is C15H17F6O7S-. The number of carbonyl (C=O) groups is 2. The van der Waals surface area contributed by atoms with E-state index in [1.165, 1.54) is 6.92 Å². The van der Waals surface area contributed by atoms with E-state index in [1.807, 2.05) is 0 Å². The summed E-state index contributed by atoms with van der Waals surface area (Å²) in [6.45, 7) is 4.71. The van der Waals surface area contributed by atoms with Crippen molar-refractivity contribution in [2.75, 3.05) is 5.75 Å². The fraction of sp³-hybridized carbons (Fsp3) is 0.733. The van der Waals surface area contributed by atoms with E-state index in [9.17, 15) is 48.9 Å². The second-order valence-electron chi connectivity index (χ2n) is 6.60. The monoisotopic (exact) mass is 455 g/mol. The van der Waals surface area contributed by atoms with Gasteiger partial charge in [0.25, 0.3) is 0 Å². The van der Waals surface area contributed by atoms with Gasteiger partial charge >= 0.3 is 29.9 Å². The molecule has 1 aliphatic rings. The molecule has 0 aliphatic heterocycles. The van der Waals surface area contributed by atoms with Crippen LogP contribution in [0, 0.1) is 5.92 Å². The van der Waals surface area contributed by atoms with Gasteiger partial charge in [-0.15, -0.1) is 0 Å². The molecule has 0 spiro atoms. The molecule has 1 saturated carbocycles. The van der Waals surface area contributed by atoms with Crippen LogP contribution < -0.4 is 0 Å². The second-order valence-corrected chi connectivity index (χ2v) is 8.01. The van der Waals surface area contributed by atoms with Gasteiger partial charge < -0.3 is 14.0 Å². The van der Waals surface area contributed by atoms with Crippen LogP contribution in [-0.2, 0) is 29.2 Å². The number of halogens is 6. The number of hydrogen-bond donors (Lipinski definition) is 0. The number of hydrogen-bond acceptors (Lipinski definition) is 7. The van der Waals surface area contributed by atoms with Crippen molar-refractivity contribution in [1.29, 1.82) is 0 Å². The first-order valence-electron chi connectivity index (χ1n) is 8.06. The van der Waals surface area contributed by atoms with E-state index in [-0.39, 0.29) is 31.3 Å². The van der Waals surface area contributed by atoms with Crippen LogP contribution in [0.25, 0.3) is 0 Å². The van der Waals surface area contributed by atoms with Gasteiger partial charge in [0, 0.05) is 5.57 Å². The molecular weight excluding hydrogens is 438 g/mol. The van der Waals surface area contributed by atoms with Crippen molar-refractivity contribution in [3.8, 4) is 0 Å². The molecule has 0 saturated heterocycles. The molecule has 168 valence electrons. The summed E-state index contributed by atoms with van der Waals surface area (Å²) in [5.41, 5.74) is -5.41. The van der Waals surface area contributed by atoms with E-state index < -0.39 is 57.8 Å². The maximum Gasteiger partial charge on any atom is 0.438 e. The fourth-order valence-electron chi connectivity index (χ4n) is 2.64. The predicted molar refractivity (Wildman–Crippen MR) is 82.1 cm³/mol. The zero-order valence-electron chi connectivity index (χ0n) is 14.9. The van der Waals surface area contributed by atoms with E-state index in [4.69, 9.17) is 4.74 Å². The summed E-state index contributed by atoms with van der Waals surface area (Å²) in [5, 5.41) is 0. The van der Waals surface area contributed by atoms with Crippen molar-refractivity contribution in [3.63, 3.8) is 0 Å². The lowest BCUT2D eigenvalue weighted by atomic mass is 9.87. The van der Waals surface area contributed by atoms with Crippen molar-refractivity contribution >= 4 is 22.1 Å². The first-order chi connectivity index (χ1) is 12.9. The van der Waals surface area contributed by atoms with Crippen LogP contribution in [0.1, 0.15) is 32.6 Å². The SMILES string of the molecule is C=C(C)C(=O)OC1CCC(C(=O)OC(CS(=O)(=O)[O-])(C(F)(F)F)C(F)(F)F)CC1. The molecule has 29 heavy (non-hydrogen) atoms. The van der Waals surface area contributed by atoms with Gasteiger partial charge in [0.15, 0.2) is 0 Å². The third-order valence-corrected chi connectivity index (χ3v) is 4.96. The molecule has 0 radical (unpaired) electrons. The largest absolute Gasteiger partial charge is 0.748 e. The molecule has 0 atom stereocenters. The van der Waals surface area contributed by atoms with Gasteiger partial charge in [0.05, 0.1) is 21.8 Å². The minimum absolute atomic E-state index is 0.0519. The Balaban J connectivity index is 3.00. The molecule has 1 rings (SSSR count). The van der Waals surface area contributed by atoms with E-state index in [2.05, 4.69) is 11.3 Å². The summed E-state index contributed by atoms with van der Waals surface area (Å²) >= 11 is 0. The first kappa shape index (κ1) is 25.2. The minimum atomic E-state index is -6.41. The molecule has 1 aliphatic carbocycles. The Hall–Kier alpha value is -1.83. The van der Waals surface area contributed by atoms with Crippen LogP contribution in [0.15, 0.2) is 12.2 Å². The van der Waals surface area contributed by atoms with Crippen LogP contribution >= 0.6 is 0 Å². The Labute approximate surface area is 161 Å². The summed E-state index contributed by atoms with van der Waals surface area (Å²) in [5.74, 6) is -7.17. The van der Waals surface area contributed by atoms with Crippen molar-refractivity contribution < 1.29 is 58.4 Å². The van der Waals surface area contributed by atoms with Gasteiger partial charge in [0.1, 0.15) is 6.10 Å². The van der Waals surface area contributed by atoms with E-state index in [0.717, 1.165) is 0 Å². The molecule has 0 unspecified atom stereocenters. The lowest BCUT2D eigenvalue weighted by Crippen LogP contribution is -2.64. The van der Waals surface area contributed by atoms with Crippen LogP contribution in [0.2, 0.25) is 0 Å². The van der Waals surface area contributed by atoms with Crippen LogP contribution in [0.3, 0.4) is 0 Å². The van der Waals surface area contributed by atoms with Crippen molar-refractivity contribution in [1.82, 2.24) is 0 Å². The highest BCUT2D eigenvalue weighted by Gasteiger charge is 2.75. The van der Waals surface area contributed by atoms with Crippen molar-refractivity contribution in [2.24, 2.45) is 5.92 Å². The number of rotatable bonds is 6. The molecule has 0 aromatic heterocycles. The van der Waals surface area contributed by atoms with Crippen LogP contribution in [-0.4, -0.2) is 54.7 Å². The standard InChI is InChI=1S/C15H18F6O7S/c1-8(2)11(22)27-10-5-3-9(4-6-10)12(23)28-13(14(16,17)18,15(19,20)21)7-29(24,25)26/h9-10H,1,3-7H2,2H3,(H,24,25,26)/p-1. The van der Waals surface area contributed by atoms with Gasteiger partial charge in [-0.25, -0.2) is 13.2 Å². The van der Waals surface area contributed by atoms with Gasteiger partial charge in [-0.3, -0.25) is 4.79 Å². The fourth-order valence-corrected chi connectivity index (χ4v) is 3.53. The number of ether oxygens (including phenoxy) is 2. The van der Waals surface area contributed by atoms with E-state index in [0.29, 0.717) is 0 Å². The Bertz CT molecular complexity index is 734.